The number of carbonyl (C=O) groups is 1. The first-order valence-corrected chi connectivity index (χ1v) is 9.76. The summed E-state index contributed by atoms with van der Waals surface area (Å²) in [7, 11) is 1.54. The maximum Gasteiger partial charge on any atom is 0.294 e. The van der Waals surface area contributed by atoms with E-state index in [1.807, 2.05) is 30.3 Å². The fraction of sp³-hybridized carbons (Fsp3) is 0.143. The van der Waals surface area contributed by atoms with Crippen molar-refractivity contribution >= 4 is 17.4 Å². The Morgan fingerprint density at radius 1 is 1.15 bits per heavy atom. The van der Waals surface area contributed by atoms with E-state index in [-0.39, 0.29) is 23.9 Å². The summed E-state index contributed by atoms with van der Waals surface area (Å²) < 4.78 is 16.9. The van der Waals surface area contributed by atoms with E-state index in [9.17, 15) is 4.79 Å². The van der Waals surface area contributed by atoms with Crippen molar-refractivity contribution in [1.82, 2.24) is 30.7 Å². The fourth-order valence-corrected chi connectivity index (χ4v) is 2.89. The SMILES string of the molecule is COc1cccc(-c2c(C(=O)N/N=C(/C)COc3ccccc3)nnn2-c2nonc2N)c1. The molecule has 3 N–H and O–H groups in total. The highest BCUT2D eigenvalue weighted by Crippen LogP contribution is 2.28. The van der Waals surface area contributed by atoms with Gasteiger partial charge in [-0.25, -0.2) is 10.1 Å². The lowest BCUT2D eigenvalue weighted by atomic mass is 10.1. The number of aromatic nitrogens is 5. The van der Waals surface area contributed by atoms with Crippen LogP contribution in [-0.4, -0.2) is 50.6 Å². The molecule has 0 aliphatic rings. The number of hydrogen-bond donors (Lipinski definition) is 2. The maximum absolute atomic E-state index is 12.9. The number of benzene rings is 2. The lowest BCUT2D eigenvalue weighted by Crippen LogP contribution is -2.22. The first kappa shape index (κ1) is 21.5. The minimum absolute atomic E-state index is 0.00817. The van der Waals surface area contributed by atoms with E-state index >= 15 is 0 Å². The van der Waals surface area contributed by atoms with Crippen molar-refractivity contribution in [1.29, 1.82) is 0 Å². The van der Waals surface area contributed by atoms with Crippen molar-refractivity contribution in [3.8, 4) is 28.6 Å². The van der Waals surface area contributed by atoms with E-state index in [4.69, 9.17) is 15.2 Å². The van der Waals surface area contributed by atoms with E-state index in [0.29, 0.717) is 28.5 Å². The summed E-state index contributed by atoms with van der Waals surface area (Å²) in [5.41, 5.74) is 9.73. The molecule has 0 saturated heterocycles. The van der Waals surface area contributed by atoms with Crippen LogP contribution in [0.3, 0.4) is 0 Å². The summed E-state index contributed by atoms with van der Waals surface area (Å²) in [6.07, 6.45) is 0. The number of carbonyl (C=O) groups excluding carboxylic acids is 1. The Kier molecular flexibility index (Phi) is 6.25. The molecule has 12 heteroatoms. The Morgan fingerprint density at radius 2 is 1.94 bits per heavy atom. The molecule has 4 aromatic rings. The van der Waals surface area contributed by atoms with Crippen LogP contribution in [0, 0.1) is 0 Å². The summed E-state index contributed by atoms with van der Waals surface area (Å²) in [6, 6.07) is 16.3. The molecule has 4 rings (SSSR count). The van der Waals surface area contributed by atoms with Gasteiger partial charge in [0.1, 0.15) is 23.8 Å². The van der Waals surface area contributed by atoms with Gasteiger partial charge < -0.3 is 15.2 Å². The molecule has 0 aliphatic carbocycles. The number of hydrogen-bond acceptors (Lipinski definition) is 10. The largest absolute Gasteiger partial charge is 0.497 e. The molecule has 1 amide bonds. The molecule has 0 unspecified atom stereocenters. The highest BCUT2D eigenvalue weighted by Gasteiger charge is 2.25. The van der Waals surface area contributed by atoms with Crippen LogP contribution >= 0.6 is 0 Å². The van der Waals surface area contributed by atoms with Crippen molar-refractivity contribution < 1.29 is 18.9 Å². The molecule has 168 valence electrons. The Hall–Kier alpha value is -4.74. The average Bonchev–Trinajstić information content (AvgIpc) is 3.47. The molecule has 2 aromatic heterocycles. The third-order valence-corrected chi connectivity index (χ3v) is 4.46. The van der Waals surface area contributed by atoms with Crippen LogP contribution in [0.25, 0.3) is 17.1 Å². The number of ether oxygens (including phenoxy) is 2. The highest BCUT2D eigenvalue weighted by atomic mass is 16.6. The number of nitrogen functional groups attached to an aromatic ring is 1. The van der Waals surface area contributed by atoms with Gasteiger partial charge in [-0.2, -0.15) is 9.78 Å². The molecule has 2 aromatic carbocycles. The van der Waals surface area contributed by atoms with Gasteiger partial charge in [0.2, 0.25) is 11.6 Å². The Morgan fingerprint density at radius 3 is 2.67 bits per heavy atom. The summed E-state index contributed by atoms with van der Waals surface area (Å²) in [4.78, 5) is 12.9. The van der Waals surface area contributed by atoms with Crippen LogP contribution < -0.4 is 20.6 Å². The van der Waals surface area contributed by atoms with E-state index in [0.717, 1.165) is 0 Å². The predicted molar refractivity (Wildman–Crippen MR) is 118 cm³/mol. The fourth-order valence-electron chi connectivity index (χ4n) is 2.89. The number of para-hydroxylation sites is 1. The standard InChI is InChI=1S/C21H20N8O4/c1-13(12-32-15-8-4-3-5-9-15)23-25-21(30)17-18(14-7-6-10-16(11-14)31-2)29(28-24-17)20-19(22)26-33-27-20/h3-11H,12H2,1-2H3,(H2,22,26)(H,25,30)/b23-13-. The Balaban J connectivity index is 1.61. The summed E-state index contributed by atoms with van der Waals surface area (Å²) in [5.74, 6) is 0.761. The molecule has 0 spiro atoms. The number of nitrogens with one attached hydrogen (secondary N) is 1. The zero-order valence-electron chi connectivity index (χ0n) is 17.8. The van der Waals surface area contributed by atoms with Gasteiger partial charge in [-0.3, -0.25) is 4.79 Å². The minimum Gasteiger partial charge on any atom is -0.497 e. The van der Waals surface area contributed by atoms with E-state index in [1.54, 1.807) is 31.2 Å². The monoisotopic (exact) mass is 448 g/mol. The topological polar surface area (TPSA) is 156 Å². The Labute approximate surface area is 188 Å². The summed E-state index contributed by atoms with van der Waals surface area (Å²) in [5, 5.41) is 19.4. The molecule has 12 nitrogen and oxygen atoms in total. The zero-order chi connectivity index (χ0) is 23.2. The zero-order valence-corrected chi connectivity index (χ0v) is 17.8. The predicted octanol–water partition coefficient (Wildman–Crippen LogP) is 2.09. The van der Waals surface area contributed by atoms with Crippen LogP contribution in [-0.2, 0) is 0 Å². The third-order valence-electron chi connectivity index (χ3n) is 4.46. The van der Waals surface area contributed by atoms with Crippen molar-refractivity contribution in [2.75, 3.05) is 19.5 Å². The second-order valence-corrected chi connectivity index (χ2v) is 6.79. The van der Waals surface area contributed by atoms with Crippen LogP contribution in [0.5, 0.6) is 11.5 Å². The molecule has 0 aliphatic heterocycles. The van der Waals surface area contributed by atoms with Gasteiger partial charge in [0.25, 0.3) is 5.91 Å². The van der Waals surface area contributed by atoms with E-state index in [1.165, 1.54) is 11.8 Å². The summed E-state index contributed by atoms with van der Waals surface area (Å²) >= 11 is 0. The van der Waals surface area contributed by atoms with Crippen molar-refractivity contribution in [2.24, 2.45) is 5.10 Å². The van der Waals surface area contributed by atoms with Gasteiger partial charge in [-0.05, 0) is 41.5 Å². The van der Waals surface area contributed by atoms with Gasteiger partial charge in [0.05, 0.1) is 12.8 Å². The number of nitrogens with two attached hydrogens (primary N) is 1. The van der Waals surface area contributed by atoms with Crippen molar-refractivity contribution in [2.45, 2.75) is 6.92 Å². The molecule has 0 fully saturated rings. The highest BCUT2D eigenvalue weighted by molar-refractivity contribution is 5.99. The number of amides is 1. The van der Waals surface area contributed by atoms with Gasteiger partial charge in [-0.1, -0.05) is 35.5 Å². The van der Waals surface area contributed by atoms with Gasteiger partial charge in [0, 0.05) is 5.56 Å². The Bertz CT molecular complexity index is 1280. The molecular formula is C21H20N8O4. The van der Waals surface area contributed by atoms with Crippen LogP contribution in [0.4, 0.5) is 5.82 Å². The quantitative estimate of drug-likeness (QED) is 0.304. The van der Waals surface area contributed by atoms with Gasteiger partial charge in [0.15, 0.2) is 5.69 Å². The number of hydrazone groups is 1. The molecule has 2 heterocycles. The van der Waals surface area contributed by atoms with E-state index < -0.39 is 5.91 Å². The van der Waals surface area contributed by atoms with Crippen molar-refractivity contribution in [3.63, 3.8) is 0 Å². The second kappa shape index (κ2) is 9.60. The molecule has 0 radical (unpaired) electrons. The van der Waals surface area contributed by atoms with Crippen molar-refractivity contribution in [3.05, 3.63) is 60.3 Å². The van der Waals surface area contributed by atoms with Gasteiger partial charge >= 0.3 is 0 Å². The first-order chi connectivity index (χ1) is 16.1. The minimum atomic E-state index is -0.590. The number of anilines is 1. The van der Waals surface area contributed by atoms with Crippen LogP contribution in [0.1, 0.15) is 17.4 Å². The number of rotatable bonds is 8. The number of methoxy groups -OCH3 is 1. The third kappa shape index (κ3) is 4.79. The lowest BCUT2D eigenvalue weighted by molar-refractivity contribution is 0.0950. The van der Waals surface area contributed by atoms with E-state index in [2.05, 4.69) is 35.8 Å². The lowest BCUT2D eigenvalue weighted by Gasteiger charge is -2.08. The summed E-state index contributed by atoms with van der Waals surface area (Å²) in [6.45, 7) is 1.92. The maximum atomic E-state index is 12.9. The molecule has 0 atom stereocenters. The first-order valence-electron chi connectivity index (χ1n) is 9.76. The molecule has 33 heavy (non-hydrogen) atoms. The average molecular weight is 448 g/mol. The normalized spacial score (nSPS) is 11.3. The second-order valence-electron chi connectivity index (χ2n) is 6.79. The number of nitrogens with zero attached hydrogens (tertiary/aromatic N) is 6. The molecule has 0 saturated carbocycles. The van der Waals surface area contributed by atoms with Crippen LogP contribution in [0.2, 0.25) is 0 Å². The van der Waals surface area contributed by atoms with Crippen LogP contribution in [0.15, 0.2) is 64.3 Å². The molecular weight excluding hydrogens is 428 g/mol. The molecule has 0 bridgehead atoms. The van der Waals surface area contributed by atoms with Gasteiger partial charge in [-0.15, -0.1) is 5.10 Å². The smallest absolute Gasteiger partial charge is 0.294 e.